The normalized spacial score (nSPS) is 11.1. The van der Waals surface area contributed by atoms with Crippen LogP contribution in [0, 0.1) is 28.4 Å². The Labute approximate surface area is 173 Å². The van der Waals surface area contributed by atoms with Gasteiger partial charge >= 0.3 is 0 Å². The third-order valence-electron chi connectivity index (χ3n) is 3.79. The van der Waals surface area contributed by atoms with E-state index in [-0.39, 0.29) is 22.2 Å². The highest BCUT2D eigenvalue weighted by Gasteiger charge is 2.16. The van der Waals surface area contributed by atoms with Gasteiger partial charge in [-0.2, -0.15) is 14.6 Å². The number of nitrogens with zero attached hydrogens (tertiary/aromatic N) is 4. The highest BCUT2D eigenvalue weighted by Crippen LogP contribution is 2.30. The molecule has 146 valence electrons. The van der Waals surface area contributed by atoms with Crippen LogP contribution >= 0.6 is 23.3 Å². The molecule has 0 unspecified atom stereocenters. The lowest BCUT2D eigenvalue weighted by molar-refractivity contribution is -0.384. The third-order valence-corrected chi connectivity index (χ3v) is 5.08. The van der Waals surface area contributed by atoms with Gasteiger partial charge in [-0.15, -0.1) is 0 Å². The molecule has 0 radical (unpaired) electrons. The molecular weight excluding hydrogens is 414 g/mol. The fourth-order valence-corrected chi connectivity index (χ4v) is 3.48. The van der Waals surface area contributed by atoms with Crippen LogP contribution in [0.25, 0.3) is 17.4 Å². The van der Waals surface area contributed by atoms with E-state index in [0.717, 1.165) is 17.1 Å². The number of carbonyl (C=O) groups excluding carboxylic acids is 1. The standard InChI is InChI=1S/C18H13N5O4S2/c1-10-3-4-12(23(25)26)8-14(10)15-6-5-13(27-15)7-11(9-19)16(24)20-17-21-18(28-2)22-29-17/h3-8H,1-2H3,(H,20,21,22,24). The zero-order valence-electron chi connectivity index (χ0n) is 15.2. The topological polar surface area (TPSA) is 135 Å². The Balaban J connectivity index is 1.84. The Bertz CT molecular complexity index is 1160. The fraction of sp³-hybridized carbons (Fsp3) is 0.111. The number of furan rings is 1. The van der Waals surface area contributed by atoms with Gasteiger partial charge in [0.2, 0.25) is 10.3 Å². The molecule has 0 atom stereocenters. The third kappa shape index (κ3) is 4.68. The van der Waals surface area contributed by atoms with Gasteiger partial charge in [0.1, 0.15) is 23.2 Å². The lowest BCUT2D eigenvalue weighted by Crippen LogP contribution is -2.13. The van der Waals surface area contributed by atoms with E-state index in [1.165, 1.54) is 30.0 Å². The number of hydrogen-bond donors (Lipinski definition) is 1. The molecule has 0 bridgehead atoms. The van der Waals surface area contributed by atoms with Gasteiger partial charge in [0.05, 0.1) is 4.92 Å². The maximum Gasteiger partial charge on any atom is 0.270 e. The van der Waals surface area contributed by atoms with Crippen molar-refractivity contribution in [3.05, 3.63) is 57.3 Å². The van der Waals surface area contributed by atoms with Crippen molar-refractivity contribution in [2.75, 3.05) is 11.6 Å². The van der Waals surface area contributed by atoms with Crippen LogP contribution in [0.1, 0.15) is 11.3 Å². The monoisotopic (exact) mass is 427 g/mol. The molecule has 0 aliphatic carbocycles. The molecule has 0 saturated carbocycles. The molecule has 0 fully saturated rings. The average molecular weight is 427 g/mol. The van der Waals surface area contributed by atoms with Crippen LogP contribution < -0.4 is 5.32 Å². The lowest BCUT2D eigenvalue weighted by atomic mass is 10.1. The smallest absolute Gasteiger partial charge is 0.270 e. The molecule has 0 spiro atoms. The number of nitriles is 1. The molecule has 11 heteroatoms. The van der Waals surface area contributed by atoms with Crippen molar-refractivity contribution < 1.29 is 14.1 Å². The number of thioether (sulfide) groups is 1. The van der Waals surface area contributed by atoms with Gasteiger partial charge in [-0.25, -0.2) is 0 Å². The Morgan fingerprint density at radius 3 is 2.86 bits per heavy atom. The zero-order chi connectivity index (χ0) is 21.0. The van der Waals surface area contributed by atoms with Crippen LogP contribution in [-0.2, 0) is 4.79 Å². The van der Waals surface area contributed by atoms with E-state index in [9.17, 15) is 20.2 Å². The van der Waals surface area contributed by atoms with Crippen molar-refractivity contribution in [1.82, 2.24) is 9.36 Å². The van der Waals surface area contributed by atoms with E-state index in [1.54, 1.807) is 25.1 Å². The molecular formula is C18H13N5O4S2. The quantitative estimate of drug-likeness (QED) is 0.202. The van der Waals surface area contributed by atoms with Crippen molar-refractivity contribution in [2.24, 2.45) is 0 Å². The summed E-state index contributed by atoms with van der Waals surface area (Å²) >= 11 is 2.35. The van der Waals surface area contributed by atoms with Gasteiger partial charge in [-0.3, -0.25) is 20.2 Å². The molecule has 1 aromatic carbocycles. The lowest BCUT2D eigenvalue weighted by Gasteiger charge is -2.02. The number of aromatic nitrogens is 2. The van der Waals surface area contributed by atoms with Crippen LogP contribution in [0.2, 0.25) is 0 Å². The number of hydrogen-bond acceptors (Lipinski definition) is 9. The first-order valence-electron chi connectivity index (χ1n) is 8.07. The molecule has 0 aliphatic rings. The van der Waals surface area contributed by atoms with Crippen molar-refractivity contribution in [3.63, 3.8) is 0 Å². The maximum absolute atomic E-state index is 12.3. The maximum atomic E-state index is 12.3. The minimum absolute atomic E-state index is 0.0575. The summed E-state index contributed by atoms with van der Waals surface area (Å²) in [5, 5.41) is 23.7. The van der Waals surface area contributed by atoms with Gasteiger partial charge in [-0.1, -0.05) is 17.8 Å². The highest BCUT2D eigenvalue weighted by molar-refractivity contribution is 7.98. The van der Waals surface area contributed by atoms with Crippen LogP contribution in [0.3, 0.4) is 0 Å². The van der Waals surface area contributed by atoms with Crippen LogP contribution in [0.4, 0.5) is 10.8 Å². The predicted molar refractivity (Wildman–Crippen MR) is 109 cm³/mol. The second kappa shape index (κ2) is 8.68. The van der Waals surface area contributed by atoms with Crippen molar-refractivity contribution in [3.8, 4) is 17.4 Å². The second-order valence-electron chi connectivity index (χ2n) is 5.67. The number of nitro benzene ring substituents is 1. The van der Waals surface area contributed by atoms with E-state index in [2.05, 4.69) is 14.7 Å². The molecule has 9 nitrogen and oxygen atoms in total. The first kappa shape index (κ1) is 20.2. The number of aryl methyl sites for hydroxylation is 1. The summed E-state index contributed by atoms with van der Waals surface area (Å²) in [5.41, 5.74) is 1.11. The van der Waals surface area contributed by atoms with E-state index < -0.39 is 10.8 Å². The number of nitrogens with one attached hydrogen (secondary N) is 1. The number of amides is 1. The number of carbonyl (C=O) groups is 1. The van der Waals surface area contributed by atoms with Gasteiger partial charge in [-0.05, 0) is 30.9 Å². The molecule has 0 saturated heterocycles. The number of rotatable bonds is 6. The minimum Gasteiger partial charge on any atom is -0.457 e. The molecule has 1 N–H and O–H groups in total. The first-order valence-corrected chi connectivity index (χ1v) is 10.1. The van der Waals surface area contributed by atoms with Gasteiger partial charge in [0.15, 0.2) is 0 Å². The molecule has 2 aromatic heterocycles. The summed E-state index contributed by atoms with van der Waals surface area (Å²) in [6, 6.07) is 9.49. The number of anilines is 1. The Kier molecular flexibility index (Phi) is 6.06. The fourth-order valence-electron chi connectivity index (χ4n) is 2.36. The zero-order valence-corrected chi connectivity index (χ0v) is 16.8. The van der Waals surface area contributed by atoms with E-state index >= 15 is 0 Å². The average Bonchev–Trinajstić information content (AvgIpc) is 3.35. The number of non-ortho nitro benzene ring substituents is 1. The van der Waals surface area contributed by atoms with Crippen LogP contribution in [-0.4, -0.2) is 26.4 Å². The minimum atomic E-state index is -0.638. The van der Waals surface area contributed by atoms with Crippen molar-refractivity contribution in [1.29, 1.82) is 5.26 Å². The van der Waals surface area contributed by atoms with Crippen molar-refractivity contribution >= 4 is 46.1 Å². The molecule has 0 aliphatic heterocycles. The van der Waals surface area contributed by atoms with Gasteiger partial charge in [0.25, 0.3) is 11.6 Å². The number of benzene rings is 1. The summed E-state index contributed by atoms with van der Waals surface area (Å²) in [6.45, 7) is 1.80. The highest BCUT2D eigenvalue weighted by atomic mass is 32.2. The first-order chi connectivity index (χ1) is 13.9. The van der Waals surface area contributed by atoms with E-state index in [0.29, 0.717) is 16.5 Å². The van der Waals surface area contributed by atoms with Crippen LogP contribution in [0.15, 0.2) is 45.5 Å². The van der Waals surface area contributed by atoms with E-state index in [1.807, 2.05) is 12.3 Å². The number of nitro groups is 1. The molecule has 29 heavy (non-hydrogen) atoms. The van der Waals surface area contributed by atoms with E-state index in [4.69, 9.17) is 4.42 Å². The van der Waals surface area contributed by atoms with Gasteiger partial charge in [0, 0.05) is 35.3 Å². The second-order valence-corrected chi connectivity index (χ2v) is 7.19. The van der Waals surface area contributed by atoms with Gasteiger partial charge < -0.3 is 4.42 Å². The Hall–Kier alpha value is -3.49. The Morgan fingerprint density at radius 1 is 1.41 bits per heavy atom. The summed E-state index contributed by atoms with van der Waals surface area (Å²) in [6.07, 6.45) is 3.11. The molecule has 3 aromatic rings. The summed E-state index contributed by atoms with van der Waals surface area (Å²) in [4.78, 5) is 26.9. The largest absolute Gasteiger partial charge is 0.457 e. The SMILES string of the molecule is CSc1nsc(NC(=O)C(C#N)=Cc2ccc(-c3cc([N+](=O)[O-])ccc3C)o2)n1. The molecule has 3 rings (SSSR count). The predicted octanol–water partition coefficient (Wildman–Crippen LogP) is 4.28. The molecule has 2 heterocycles. The molecule has 1 amide bonds. The summed E-state index contributed by atoms with van der Waals surface area (Å²) in [5.74, 6) is 0.0179. The summed E-state index contributed by atoms with van der Waals surface area (Å²) < 4.78 is 9.71. The van der Waals surface area contributed by atoms with Crippen LogP contribution in [0.5, 0.6) is 0 Å². The Morgan fingerprint density at radius 2 is 2.21 bits per heavy atom. The van der Waals surface area contributed by atoms with Crippen molar-refractivity contribution in [2.45, 2.75) is 12.1 Å². The summed E-state index contributed by atoms with van der Waals surface area (Å²) in [7, 11) is 0.